The summed E-state index contributed by atoms with van der Waals surface area (Å²) in [6.07, 6.45) is 2.00. The van der Waals surface area contributed by atoms with Crippen molar-refractivity contribution in [1.29, 1.82) is 0 Å². The maximum atomic E-state index is 13.5. The van der Waals surface area contributed by atoms with Crippen molar-refractivity contribution in [2.24, 2.45) is 4.99 Å². The Bertz CT molecular complexity index is 2280. The van der Waals surface area contributed by atoms with Gasteiger partial charge in [0.1, 0.15) is 10.8 Å². The maximum Gasteiger partial charge on any atom is 0.126 e. The Morgan fingerprint density at radius 1 is 0.604 bits per heavy atom. The van der Waals surface area contributed by atoms with E-state index in [9.17, 15) is 4.39 Å². The fraction of sp³-hybridized carbons (Fsp3) is 0.182. The van der Waals surface area contributed by atoms with E-state index in [0.717, 1.165) is 65.1 Å². The molecule has 7 rings (SSSR count). The first-order valence-electron chi connectivity index (χ1n) is 16.4. The lowest BCUT2D eigenvalue weighted by molar-refractivity contribution is 0.568. The first-order chi connectivity index (χ1) is 22.9. The van der Waals surface area contributed by atoms with Crippen LogP contribution in [0.2, 0.25) is 0 Å². The van der Waals surface area contributed by atoms with E-state index in [1.165, 1.54) is 23.3 Å². The molecule has 0 atom stereocenters. The van der Waals surface area contributed by atoms with Crippen molar-refractivity contribution in [2.45, 2.75) is 52.4 Å². The quantitative estimate of drug-likeness (QED) is 0.171. The Morgan fingerprint density at radius 2 is 1.21 bits per heavy atom. The third-order valence-electron chi connectivity index (χ3n) is 8.92. The summed E-state index contributed by atoms with van der Waals surface area (Å²) in [5.41, 5.74) is 11.0. The van der Waals surface area contributed by atoms with Crippen LogP contribution in [0.5, 0.6) is 0 Å². The molecule has 0 radical (unpaired) electrons. The van der Waals surface area contributed by atoms with Crippen LogP contribution in [0.15, 0.2) is 126 Å². The number of hydrogen-bond acceptors (Lipinski definition) is 3. The molecule has 0 amide bonds. The van der Waals surface area contributed by atoms with Crippen molar-refractivity contribution < 1.29 is 4.39 Å². The van der Waals surface area contributed by atoms with Crippen LogP contribution in [0.1, 0.15) is 58.2 Å². The molecule has 0 aliphatic heterocycles. The van der Waals surface area contributed by atoms with Gasteiger partial charge in [-0.05, 0) is 110 Å². The zero-order valence-corrected chi connectivity index (χ0v) is 29.1. The van der Waals surface area contributed by atoms with Crippen LogP contribution in [0.4, 0.5) is 10.1 Å². The Hall–Kier alpha value is -4.93. The van der Waals surface area contributed by atoms with Crippen LogP contribution in [0.25, 0.3) is 53.8 Å². The Kier molecular flexibility index (Phi) is 8.09. The first-order valence-corrected chi connectivity index (χ1v) is 17.2. The summed E-state index contributed by atoms with van der Waals surface area (Å²) in [6, 6.07) is 41.2. The molecule has 238 valence electrons. The lowest BCUT2D eigenvalue weighted by atomic mass is 9.79. The third kappa shape index (κ3) is 6.46. The van der Waals surface area contributed by atoms with E-state index < -0.39 is 0 Å². The highest BCUT2D eigenvalue weighted by atomic mass is 32.1. The molecule has 1 aromatic heterocycles. The van der Waals surface area contributed by atoms with Gasteiger partial charge < -0.3 is 0 Å². The lowest BCUT2D eigenvalue weighted by Gasteiger charge is -2.25. The summed E-state index contributed by atoms with van der Waals surface area (Å²) in [5.74, 6) is -0.226. The minimum Gasteiger partial charge on any atom is -0.256 e. The summed E-state index contributed by atoms with van der Waals surface area (Å²) < 4.78 is 14.6. The summed E-state index contributed by atoms with van der Waals surface area (Å²) in [5, 5.41) is 3.24. The maximum absolute atomic E-state index is 13.5. The van der Waals surface area contributed by atoms with E-state index >= 15 is 0 Å². The van der Waals surface area contributed by atoms with Gasteiger partial charge in [-0.3, -0.25) is 4.99 Å². The van der Waals surface area contributed by atoms with Gasteiger partial charge in [-0.1, -0.05) is 108 Å². The second-order valence-electron chi connectivity index (χ2n) is 14.6. The number of aromatic nitrogens is 1. The number of nitrogens with zero attached hydrogens (tertiary/aromatic N) is 2. The Labute approximate surface area is 286 Å². The highest BCUT2D eigenvalue weighted by Crippen LogP contribution is 2.40. The number of aliphatic imine (C=N–C) groups is 1. The lowest BCUT2D eigenvalue weighted by Crippen LogP contribution is -2.17. The fourth-order valence-electron chi connectivity index (χ4n) is 6.04. The van der Waals surface area contributed by atoms with E-state index in [4.69, 9.17) is 9.98 Å². The van der Waals surface area contributed by atoms with E-state index in [1.54, 1.807) is 11.3 Å². The van der Waals surface area contributed by atoms with Gasteiger partial charge in [-0.25, -0.2) is 9.37 Å². The molecule has 1 heterocycles. The third-order valence-corrected chi connectivity index (χ3v) is 9.98. The molecule has 0 unspecified atom stereocenters. The van der Waals surface area contributed by atoms with Crippen LogP contribution in [-0.4, -0.2) is 11.2 Å². The van der Waals surface area contributed by atoms with Gasteiger partial charge in [-0.15, -0.1) is 11.3 Å². The van der Waals surface area contributed by atoms with Crippen molar-refractivity contribution in [3.8, 4) is 32.8 Å². The summed E-state index contributed by atoms with van der Waals surface area (Å²) in [6.45, 7) is 13.6. The molecule has 7 aromatic rings. The molecule has 0 saturated heterocycles. The molecule has 48 heavy (non-hydrogen) atoms. The van der Waals surface area contributed by atoms with Gasteiger partial charge in [0.25, 0.3) is 0 Å². The second kappa shape index (κ2) is 12.3. The number of rotatable bonds is 5. The minimum absolute atomic E-state index is 0.0401. The van der Waals surface area contributed by atoms with Crippen LogP contribution in [0, 0.1) is 5.82 Å². The number of para-hydroxylation sites is 2. The Morgan fingerprint density at radius 3 is 1.90 bits per heavy atom. The highest BCUT2D eigenvalue weighted by Gasteiger charge is 2.20. The Balaban J connectivity index is 1.24. The normalized spacial score (nSPS) is 12.4. The molecule has 0 aliphatic carbocycles. The number of hydrogen-bond donors (Lipinski definition) is 0. The van der Waals surface area contributed by atoms with E-state index in [1.807, 2.05) is 24.4 Å². The number of thiazole rings is 1. The molecule has 4 heteroatoms. The predicted molar refractivity (Wildman–Crippen MR) is 204 cm³/mol. The molecule has 0 N–H and O–H groups in total. The molecule has 6 aromatic carbocycles. The van der Waals surface area contributed by atoms with Crippen molar-refractivity contribution in [1.82, 2.24) is 4.98 Å². The molecule has 0 spiro atoms. The zero-order valence-electron chi connectivity index (χ0n) is 28.3. The average molecular weight is 647 g/mol. The number of fused-ring (bicyclic) bond motifs is 2. The van der Waals surface area contributed by atoms with Gasteiger partial charge in [0, 0.05) is 17.3 Å². The van der Waals surface area contributed by atoms with E-state index in [0.29, 0.717) is 0 Å². The molecular weight excluding hydrogens is 608 g/mol. The van der Waals surface area contributed by atoms with Crippen molar-refractivity contribution in [3.63, 3.8) is 0 Å². The zero-order chi connectivity index (χ0) is 33.6. The summed E-state index contributed by atoms with van der Waals surface area (Å²) >= 11 is 1.70. The van der Waals surface area contributed by atoms with Crippen molar-refractivity contribution >= 4 is 44.2 Å². The smallest absolute Gasteiger partial charge is 0.126 e. The largest absolute Gasteiger partial charge is 0.256 e. The molecule has 0 fully saturated rings. The van der Waals surface area contributed by atoms with Gasteiger partial charge >= 0.3 is 0 Å². The monoisotopic (exact) mass is 646 g/mol. The SMILES string of the molecule is CC(C)(C)c1cc(C=Nc2ccccc2-c2nc3c(-c4ccc5cc(-c6ccc(F)cc6)ccc5c4)cccc3s2)cc(C(C)(C)C)c1. The summed E-state index contributed by atoms with van der Waals surface area (Å²) in [4.78, 5) is 10.3. The highest BCUT2D eigenvalue weighted by molar-refractivity contribution is 7.21. The molecule has 0 bridgehead atoms. The fourth-order valence-corrected chi connectivity index (χ4v) is 7.06. The van der Waals surface area contributed by atoms with Gasteiger partial charge in [0.05, 0.1) is 15.9 Å². The minimum atomic E-state index is -0.226. The van der Waals surface area contributed by atoms with Crippen LogP contribution < -0.4 is 0 Å². The molecular formula is C44H39FN2S. The van der Waals surface area contributed by atoms with E-state index in [-0.39, 0.29) is 16.6 Å². The van der Waals surface area contributed by atoms with Crippen molar-refractivity contribution in [3.05, 3.63) is 144 Å². The molecule has 0 aliphatic rings. The van der Waals surface area contributed by atoms with Gasteiger partial charge in [0.15, 0.2) is 0 Å². The predicted octanol–water partition coefficient (Wildman–Crippen LogP) is 12.9. The van der Waals surface area contributed by atoms with Crippen LogP contribution in [0.3, 0.4) is 0 Å². The number of halogens is 1. The van der Waals surface area contributed by atoms with Gasteiger partial charge in [0.2, 0.25) is 0 Å². The van der Waals surface area contributed by atoms with Crippen molar-refractivity contribution in [2.75, 3.05) is 0 Å². The average Bonchev–Trinajstić information content (AvgIpc) is 3.51. The molecule has 2 nitrogen and oxygen atoms in total. The van der Waals surface area contributed by atoms with E-state index in [2.05, 4.69) is 133 Å². The topological polar surface area (TPSA) is 25.2 Å². The standard InChI is InChI=1S/C44H39FN2S/c1-43(2,3)34-22-28(23-35(26-34)44(4,5)6)27-46-39-12-8-7-10-38(39)42-47-41-37(11-9-13-40(41)48-42)33-17-16-31-24-30(14-15-32(31)25-33)29-18-20-36(45)21-19-29/h7-27H,1-6H3. The van der Waals surface area contributed by atoms with Gasteiger partial charge in [-0.2, -0.15) is 0 Å². The number of benzene rings is 6. The van der Waals surface area contributed by atoms with Crippen LogP contribution >= 0.6 is 11.3 Å². The molecule has 0 saturated carbocycles. The second-order valence-corrected chi connectivity index (χ2v) is 15.6. The summed E-state index contributed by atoms with van der Waals surface area (Å²) in [7, 11) is 0. The van der Waals surface area contributed by atoms with Crippen LogP contribution in [-0.2, 0) is 10.8 Å². The first kappa shape index (κ1) is 31.7.